The van der Waals surface area contributed by atoms with Crippen molar-refractivity contribution in [2.45, 2.75) is 84.2 Å². The number of imidazole rings is 1. The number of hydrogen-bond acceptors (Lipinski definition) is 3. The average molecular weight is 443 g/mol. The number of nitrogens with zero attached hydrogens (tertiary/aromatic N) is 4. The van der Waals surface area contributed by atoms with Crippen LogP contribution in [0.25, 0.3) is 0 Å². The highest BCUT2D eigenvalue weighted by atomic mass is 19.3. The molecule has 2 aromatic rings. The second-order valence-electron chi connectivity index (χ2n) is 9.78. The van der Waals surface area contributed by atoms with Gasteiger partial charge >= 0.3 is 0 Å². The molecule has 0 radical (unpaired) electrons. The molecule has 1 fully saturated rings. The quantitative estimate of drug-likeness (QED) is 0.614. The molecular formula is C25H32F2N4O. The number of halogens is 2. The van der Waals surface area contributed by atoms with E-state index in [1.807, 2.05) is 24.8 Å². The lowest BCUT2D eigenvalue weighted by Gasteiger charge is -2.34. The van der Waals surface area contributed by atoms with Crippen LogP contribution < -0.4 is 4.90 Å². The molecule has 0 unspecified atom stereocenters. The molecule has 0 bridgehead atoms. The Bertz CT molecular complexity index is 1040. The summed E-state index contributed by atoms with van der Waals surface area (Å²) in [6.45, 7) is 8.29. The van der Waals surface area contributed by atoms with E-state index in [-0.39, 0.29) is 17.4 Å². The Kier molecular flexibility index (Phi) is 5.46. The summed E-state index contributed by atoms with van der Waals surface area (Å²) in [7, 11) is 0. The summed E-state index contributed by atoms with van der Waals surface area (Å²) in [5, 5.41) is 0. The van der Waals surface area contributed by atoms with Crippen LogP contribution in [-0.4, -0.2) is 33.4 Å². The van der Waals surface area contributed by atoms with Gasteiger partial charge in [0, 0.05) is 43.7 Å². The Hall–Kier alpha value is -2.44. The summed E-state index contributed by atoms with van der Waals surface area (Å²) < 4.78 is 30.3. The van der Waals surface area contributed by atoms with Crippen LogP contribution in [0.4, 0.5) is 20.3 Å². The third kappa shape index (κ3) is 3.50. The number of carbonyl (C=O) groups excluding carboxylic acids is 1. The van der Waals surface area contributed by atoms with Crippen molar-refractivity contribution < 1.29 is 13.6 Å². The molecular weight excluding hydrogens is 410 g/mol. The number of benzene rings is 1. The van der Waals surface area contributed by atoms with E-state index >= 15 is 0 Å². The molecule has 0 spiro atoms. The van der Waals surface area contributed by atoms with E-state index in [0.29, 0.717) is 19.0 Å². The van der Waals surface area contributed by atoms with Gasteiger partial charge in [0.15, 0.2) is 5.82 Å². The van der Waals surface area contributed by atoms with Gasteiger partial charge in [0.05, 0.1) is 12.2 Å². The third-order valence-corrected chi connectivity index (χ3v) is 7.45. The molecule has 3 aliphatic rings. The number of fused-ring (bicyclic) bond motifs is 2. The predicted octanol–water partition coefficient (Wildman–Crippen LogP) is 5.66. The van der Waals surface area contributed by atoms with Crippen LogP contribution in [0, 0.1) is 0 Å². The highest BCUT2D eigenvalue weighted by Crippen LogP contribution is 2.44. The summed E-state index contributed by atoms with van der Waals surface area (Å²) >= 11 is 0. The fraction of sp³-hybridized carbons (Fsp3) is 0.600. The van der Waals surface area contributed by atoms with E-state index in [0.717, 1.165) is 72.9 Å². The van der Waals surface area contributed by atoms with E-state index in [1.165, 1.54) is 6.42 Å². The van der Waals surface area contributed by atoms with Crippen molar-refractivity contribution in [1.29, 1.82) is 0 Å². The highest BCUT2D eigenvalue weighted by molar-refractivity contribution is 5.74. The van der Waals surface area contributed by atoms with E-state index in [2.05, 4.69) is 9.47 Å². The zero-order valence-electron chi connectivity index (χ0n) is 19.2. The molecule has 32 heavy (non-hydrogen) atoms. The first-order valence-electron chi connectivity index (χ1n) is 11.9. The van der Waals surface area contributed by atoms with Crippen LogP contribution in [-0.2, 0) is 24.3 Å². The number of aromatic nitrogens is 2. The second kappa shape index (κ2) is 8.16. The molecule has 1 aliphatic carbocycles. The summed E-state index contributed by atoms with van der Waals surface area (Å²) in [5.41, 5.74) is 3.90. The van der Waals surface area contributed by atoms with Crippen LogP contribution in [0.3, 0.4) is 0 Å². The van der Waals surface area contributed by atoms with Gasteiger partial charge in [-0.1, -0.05) is 26.3 Å². The topological polar surface area (TPSA) is 41.4 Å². The lowest BCUT2D eigenvalue weighted by atomic mass is 9.85. The maximum absolute atomic E-state index is 14.0. The Morgan fingerprint density at radius 3 is 2.50 bits per heavy atom. The first-order chi connectivity index (χ1) is 15.3. The monoisotopic (exact) mass is 442 g/mol. The zero-order valence-corrected chi connectivity index (χ0v) is 19.2. The minimum Gasteiger partial charge on any atom is -0.335 e. The Labute approximate surface area is 188 Å². The number of carbonyl (C=O) groups is 1. The fourth-order valence-electron chi connectivity index (χ4n) is 5.42. The molecule has 5 nitrogen and oxygen atoms in total. The van der Waals surface area contributed by atoms with Crippen LogP contribution in [0.5, 0.6) is 0 Å². The first kappa shape index (κ1) is 21.4. The molecule has 172 valence electrons. The van der Waals surface area contributed by atoms with Crippen LogP contribution >= 0.6 is 0 Å². The molecule has 2 aliphatic heterocycles. The average Bonchev–Trinajstić information content (AvgIpc) is 3.09. The van der Waals surface area contributed by atoms with E-state index in [1.54, 1.807) is 13.0 Å². The Morgan fingerprint density at radius 2 is 1.88 bits per heavy atom. The van der Waals surface area contributed by atoms with Gasteiger partial charge in [-0.15, -0.1) is 0 Å². The number of amides is 1. The van der Waals surface area contributed by atoms with Crippen molar-refractivity contribution in [3.8, 4) is 0 Å². The standard InChI is InChI=1S/C25H32F2N4O/c1-15(2)19-12-18-8-5-9-30(21(18)13-20(19)23(26)27)25-22-14-29(16(3)32)10-11-31(22)24(28-25)17-6-4-7-17/h12-13,15,17,23H,4-11,14H2,1-3H3. The maximum atomic E-state index is 14.0. The van der Waals surface area contributed by atoms with Gasteiger partial charge in [0.2, 0.25) is 5.91 Å². The molecule has 7 heteroatoms. The lowest BCUT2D eigenvalue weighted by Crippen LogP contribution is -2.38. The van der Waals surface area contributed by atoms with Gasteiger partial charge in [-0.05, 0) is 48.8 Å². The third-order valence-electron chi connectivity index (χ3n) is 7.45. The molecule has 1 saturated carbocycles. The largest absolute Gasteiger partial charge is 0.335 e. The van der Waals surface area contributed by atoms with Gasteiger partial charge < -0.3 is 14.4 Å². The first-order valence-corrected chi connectivity index (χ1v) is 11.9. The van der Waals surface area contributed by atoms with Crippen LogP contribution in [0.15, 0.2) is 12.1 Å². The summed E-state index contributed by atoms with van der Waals surface area (Å²) in [4.78, 5) is 21.3. The zero-order chi connectivity index (χ0) is 22.6. The number of aryl methyl sites for hydroxylation is 1. The number of hydrogen-bond donors (Lipinski definition) is 0. The molecule has 5 rings (SSSR count). The van der Waals surface area contributed by atoms with E-state index in [4.69, 9.17) is 4.98 Å². The summed E-state index contributed by atoms with van der Waals surface area (Å²) in [5.74, 6) is 2.56. The number of anilines is 2. The minimum absolute atomic E-state index is 0.0504. The molecule has 3 heterocycles. The van der Waals surface area contributed by atoms with Crippen LogP contribution in [0.2, 0.25) is 0 Å². The van der Waals surface area contributed by atoms with Gasteiger partial charge in [-0.3, -0.25) is 4.79 Å². The Morgan fingerprint density at radius 1 is 1.09 bits per heavy atom. The van der Waals surface area contributed by atoms with Crippen molar-refractivity contribution in [3.63, 3.8) is 0 Å². The smallest absolute Gasteiger partial charge is 0.264 e. The summed E-state index contributed by atoms with van der Waals surface area (Å²) in [6.07, 6.45) is 2.87. The van der Waals surface area contributed by atoms with E-state index in [9.17, 15) is 13.6 Å². The highest BCUT2D eigenvalue weighted by Gasteiger charge is 2.34. The molecule has 0 saturated heterocycles. The summed E-state index contributed by atoms with van der Waals surface area (Å²) in [6, 6.07) is 3.69. The number of rotatable bonds is 4. The SMILES string of the molecule is CC(=O)N1CCn2c(C3CCC3)nc(N3CCCc4cc(C(C)C)c(C(F)F)cc43)c2C1. The fourth-order valence-corrected chi connectivity index (χ4v) is 5.42. The maximum Gasteiger partial charge on any atom is 0.264 e. The van der Waals surface area contributed by atoms with Crippen molar-refractivity contribution in [3.05, 3.63) is 40.3 Å². The van der Waals surface area contributed by atoms with Crippen LogP contribution in [0.1, 0.15) is 92.9 Å². The second-order valence-corrected chi connectivity index (χ2v) is 9.78. The van der Waals surface area contributed by atoms with Crippen molar-refractivity contribution in [2.24, 2.45) is 0 Å². The van der Waals surface area contributed by atoms with Gasteiger partial charge in [-0.2, -0.15) is 0 Å². The minimum atomic E-state index is -2.50. The molecule has 0 N–H and O–H groups in total. The van der Waals surface area contributed by atoms with Gasteiger partial charge in [0.25, 0.3) is 6.43 Å². The van der Waals surface area contributed by atoms with Gasteiger partial charge in [0.1, 0.15) is 5.82 Å². The molecule has 1 amide bonds. The van der Waals surface area contributed by atoms with Crippen molar-refractivity contribution in [2.75, 3.05) is 18.0 Å². The van der Waals surface area contributed by atoms with E-state index < -0.39 is 6.43 Å². The molecule has 1 aromatic carbocycles. The van der Waals surface area contributed by atoms with Gasteiger partial charge in [-0.25, -0.2) is 13.8 Å². The predicted molar refractivity (Wildman–Crippen MR) is 121 cm³/mol. The normalized spacial score (nSPS) is 18.7. The van der Waals surface area contributed by atoms with Crippen molar-refractivity contribution in [1.82, 2.24) is 14.5 Å². The van der Waals surface area contributed by atoms with Crippen molar-refractivity contribution >= 4 is 17.4 Å². The number of alkyl halides is 2. The molecule has 0 atom stereocenters. The Balaban J connectivity index is 1.63. The molecule has 1 aromatic heterocycles. The lowest BCUT2D eigenvalue weighted by molar-refractivity contribution is -0.130.